The maximum Gasteiger partial charge on any atom is 0.267 e. The number of nitriles is 1. The van der Waals surface area contributed by atoms with Crippen molar-refractivity contribution in [1.29, 1.82) is 5.26 Å². The van der Waals surface area contributed by atoms with Gasteiger partial charge in [0.25, 0.3) is 5.91 Å². The molecule has 2 aromatic rings. The Morgan fingerprint density at radius 1 is 1.44 bits per heavy atom. The van der Waals surface area contributed by atoms with Crippen LogP contribution in [0.15, 0.2) is 36.0 Å². The number of amides is 1. The van der Waals surface area contributed by atoms with Gasteiger partial charge in [-0.3, -0.25) is 4.79 Å². The van der Waals surface area contributed by atoms with Crippen LogP contribution in [0.25, 0.3) is 0 Å². The van der Waals surface area contributed by atoms with E-state index in [0.717, 1.165) is 25.2 Å². The molecule has 1 aliphatic heterocycles. The van der Waals surface area contributed by atoms with Crippen molar-refractivity contribution in [3.8, 4) is 6.07 Å². The molecule has 0 aliphatic carbocycles. The van der Waals surface area contributed by atoms with Crippen LogP contribution >= 0.6 is 11.3 Å². The first-order chi connectivity index (χ1) is 12.0. The average molecular weight is 354 g/mol. The lowest BCUT2D eigenvalue weighted by Gasteiger charge is -2.20. The van der Waals surface area contributed by atoms with Crippen LogP contribution in [0.3, 0.4) is 0 Å². The molecule has 0 spiro atoms. The number of hydrogen-bond acceptors (Lipinski definition) is 7. The molecule has 2 heterocycles. The van der Waals surface area contributed by atoms with Gasteiger partial charge in [-0.1, -0.05) is 0 Å². The van der Waals surface area contributed by atoms with Crippen molar-refractivity contribution >= 4 is 33.8 Å². The largest absolute Gasteiger partial charge is 0.399 e. The fourth-order valence-corrected chi connectivity index (χ4v) is 3.49. The summed E-state index contributed by atoms with van der Waals surface area (Å²) in [4.78, 5) is 20.2. The molecule has 7 nitrogen and oxygen atoms in total. The molecule has 0 saturated carbocycles. The van der Waals surface area contributed by atoms with Crippen LogP contribution in [0.1, 0.15) is 10.6 Å². The molecule has 1 aromatic heterocycles. The molecular formula is C17H18N6OS. The van der Waals surface area contributed by atoms with E-state index in [1.165, 1.54) is 11.1 Å². The average Bonchev–Trinajstić information content (AvgIpc) is 2.99. The monoisotopic (exact) mass is 354 g/mol. The minimum absolute atomic E-state index is 0.0258. The maximum atomic E-state index is 12.2. The van der Waals surface area contributed by atoms with Crippen LogP contribution in [-0.4, -0.2) is 29.4 Å². The maximum absolute atomic E-state index is 12.2. The molecule has 0 atom stereocenters. The van der Waals surface area contributed by atoms with E-state index >= 15 is 0 Å². The van der Waals surface area contributed by atoms with E-state index < -0.39 is 5.91 Å². The van der Waals surface area contributed by atoms with E-state index in [9.17, 15) is 10.1 Å². The number of fused-ring (bicyclic) bond motifs is 1. The number of nitrogens with two attached hydrogens (primary N) is 1. The molecule has 1 aromatic carbocycles. The van der Waals surface area contributed by atoms with Gasteiger partial charge in [0.1, 0.15) is 11.6 Å². The summed E-state index contributed by atoms with van der Waals surface area (Å²) < 4.78 is 0. The molecule has 0 fully saturated rings. The second kappa shape index (κ2) is 7.34. The molecule has 0 bridgehead atoms. The Bertz CT molecular complexity index is 849. The van der Waals surface area contributed by atoms with Crippen molar-refractivity contribution in [1.82, 2.24) is 9.88 Å². The highest BCUT2D eigenvalue weighted by atomic mass is 32.1. The number of anilines is 3. The molecule has 1 aliphatic rings. The van der Waals surface area contributed by atoms with Crippen molar-refractivity contribution in [3.63, 3.8) is 0 Å². The van der Waals surface area contributed by atoms with Crippen LogP contribution < -0.4 is 16.4 Å². The van der Waals surface area contributed by atoms with Gasteiger partial charge in [0, 0.05) is 42.0 Å². The minimum atomic E-state index is -0.485. The first-order valence-electron chi connectivity index (χ1n) is 7.76. The molecule has 0 unspecified atom stereocenters. The zero-order valence-electron chi connectivity index (χ0n) is 13.7. The third-order valence-electron chi connectivity index (χ3n) is 3.80. The number of aromatic nitrogens is 1. The van der Waals surface area contributed by atoms with E-state index in [4.69, 9.17) is 5.73 Å². The van der Waals surface area contributed by atoms with Gasteiger partial charge in [0.15, 0.2) is 5.13 Å². The second-order valence-corrected chi connectivity index (χ2v) is 6.85. The molecule has 3 rings (SSSR count). The molecule has 0 saturated heterocycles. The molecule has 4 N–H and O–H groups in total. The summed E-state index contributed by atoms with van der Waals surface area (Å²) in [5.41, 5.74) is 7.85. The predicted molar refractivity (Wildman–Crippen MR) is 99.0 cm³/mol. The van der Waals surface area contributed by atoms with Gasteiger partial charge in [-0.05, 0) is 31.3 Å². The van der Waals surface area contributed by atoms with Gasteiger partial charge < -0.3 is 21.3 Å². The highest BCUT2D eigenvalue weighted by Gasteiger charge is 2.18. The number of hydrogen-bond donors (Lipinski definition) is 3. The highest BCUT2D eigenvalue weighted by Crippen LogP contribution is 2.27. The van der Waals surface area contributed by atoms with Gasteiger partial charge in [-0.2, -0.15) is 5.26 Å². The van der Waals surface area contributed by atoms with E-state index in [1.54, 1.807) is 35.6 Å². The van der Waals surface area contributed by atoms with Crippen molar-refractivity contribution in [2.45, 2.75) is 13.0 Å². The molecule has 0 radical (unpaired) electrons. The minimum Gasteiger partial charge on any atom is -0.399 e. The molecule has 25 heavy (non-hydrogen) atoms. The predicted octanol–water partition coefficient (Wildman–Crippen LogP) is 2.17. The fourth-order valence-electron chi connectivity index (χ4n) is 2.43. The number of thiazole rings is 1. The number of carbonyl (C=O) groups excluding carboxylic acids is 1. The highest BCUT2D eigenvalue weighted by molar-refractivity contribution is 7.15. The third-order valence-corrected chi connectivity index (χ3v) is 4.81. The van der Waals surface area contributed by atoms with Crippen LogP contribution in [0.2, 0.25) is 0 Å². The Hall–Kier alpha value is -2.89. The number of nitrogen functional groups attached to an aromatic ring is 1. The van der Waals surface area contributed by atoms with Gasteiger partial charge in [0.2, 0.25) is 0 Å². The lowest BCUT2D eigenvalue weighted by atomic mass is 10.2. The number of nitrogens with zero attached hydrogens (tertiary/aromatic N) is 3. The molecule has 8 heteroatoms. The van der Waals surface area contributed by atoms with Crippen molar-refractivity contribution in [2.24, 2.45) is 0 Å². The van der Waals surface area contributed by atoms with Crippen LogP contribution in [0.5, 0.6) is 0 Å². The smallest absolute Gasteiger partial charge is 0.267 e. The topological polar surface area (TPSA) is 107 Å². The number of likely N-dealkylation sites (N-methyl/N-ethyl adjacent to an activating group) is 1. The van der Waals surface area contributed by atoms with Gasteiger partial charge >= 0.3 is 0 Å². The van der Waals surface area contributed by atoms with Crippen LogP contribution in [-0.2, 0) is 17.8 Å². The van der Waals surface area contributed by atoms with Crippen LogP contribution in [0.4, 0.5) is 16.5 Å². The zero-order valence-corrected chi connectivity index (χ0v) is 14.6. The molecular weight excluding hydrogens is 336 g/mol. The quantitative estimate of drug-likeness (QED) is 0.441. The van der Waals surface area contributed by atoms with E-state index in [0.29, 0.717) is 16.5 Å². The molecule has 1 amide bonds. The number of benzene rings is 1. The standard InChI is InChI=1S/C17H18N6OS/c1-23-7-6-14-15(10-23)25-17(22-14)20-9-11(8-18)16(24)21-13-4-2-12(19)3-5-13/h2-5,9H,6-7,10,19H2,1H3,(H,20,22)(H,21,24)/b11-9-. The van der Waals surface area contributed by atoms with Gasteiger partial charge in [0.05, 0.1) is 5.69 Å². The summed E-state index contributed by atoms with van der Waals surface area (Å²) >= 11 is 1.55. The lowest BCUT2D eigenvalue weighted by Crippen LogP contribution is -2.25. The van der Waals surface area contributed by atoms with Crippen LogP contribution in [0, 0.1) is 11.3 Å². The zero-order chi connectivity index (χ0) is 17.8. The Morgan fingerprint density at radius 2 is 2.20 bits per heavy atom. The van der Waals surface area contributed by atoms with Crippen molar-refractivity contribution in [2.75, 3.05) is 30.0 Å². The fraction of sp³-hybridized carbons (Fsp3) is 0.235. The summed E-state index contributed by atoms with van der Waals surface area (Å²) in [6.07, 6.45) is 2.30. The Labute approximate surface area is 149 Å². The normalized spacial score (nSPS) is 14.5. The number of rotatable bonds is 4. The van der Waals surface area contributed by atoms with E-state index in [1.807, 2.05) is 6.07 Å². The van der Waals surface area contributed by atoms with Crippen molar-refractivity contribution < 1.29 is 4.79 Å². The summed E-state index contributed by atoms with van der Waals surface area (Å²) in [5.74, 6) is -0.485. The van der Waals surface area contributed by atoms with Gasteiger partial charge in [-0.15, -0.1) is 11.3 Å². The van der Waals surface area contributed by atoms with E-state index in [2.05, 4.69) is 27.6 Å². The summed E-state index contributed by atoms with van der Waals surface area (Å²) in [5, 5.41) is 15.5. The van der Waals surface area contributed by atoms with Crippen molar-refractivity contribution in [3.05, 3.63) is 46.6 Å². The first kappa shape index (κ1) is 17.0. The number of carbonyl (C=O) groups is 1. The summed E-state index contributed by atoms with van der Waals surface area (Å²) in [6.45, 7) is 1.86. The second-order valence-electron chi connectivity index (χ2n) is 5.77. The third kappa shape index (κ3) is 4.15. The SMILES string of the molecule is CN1CCc2nc(N/C=C(/C#N)C(=O)Nc3ccc(N)cc3)sc2C1. The summed E-state index contributed by atoms with van der Waals surface area (Å²) in [7, 11) is 2.07. The van der Waals surface area contributed by atoms with Gasteiger partial charge in [-0.25, -0.2) is 4.98 Å². The summed E-state index contributed by atoms with van der Waals surface area (Å²) in [6, 6.07) is 8.63. The Kier molecular flexibility index (Phi) is 4.97. The lowest BCUT2D eigenvalue weighted by molar-refractivity contribution is -0.112. The first-order valence-corrected chi connectivity index (χ1v) is 8.57. The molecule has 128 valence electrons. The Morgan fingerprint density at radius 3 is 2.92 bits per heavy atom. The Balaban J connectivity index is 1.67. The number of nitrogens with one attached hydrogen (secondary N) is 2. The van der Waals surface area contributed by atoms with E-state index in [-0.39, 0.29) is 5.57 Å².